The third-order valence-corrected chi connectivity index (χ3v) is 3.54. The maximum atomic E-state index is 5.30. The summed E-state index contributed by atoms with van der Waals surface area (Å²) in [6, 6.07) is 9.64. The van der Waals surface area contributed by atoms with Crippen molar-refractivity contribution < 1.29 is 4.74 Å². The Morgan fingerprint density at radius 1 is 1.41 bits per heavy atom. The van der Waals surface area contributed by atoms with Gasteiger partial charge in [-0.2, -0.15) is 0 Å². The van der Waals surface area contributed by atoms with Crippen LogP contribution in [0.15, 0.2) is 24.3 Å². The minimum absolute atomic E-state index is 0.399. The van der Waals surface area contributed by atoms with Crippen molar-refractivity contribution in [1.29, 1.82) is 0 Å². The Bertz CT molecular complexity index is 360. The van der Waals surface area contributed by atoms with Gasteiger partial charge in [0, 0.05) is 19.2 Å². The molecule has 1 aromatic carbocycles. The number of hydrogen-bond acceptors (Lipinski definition) is 2. The van der Waals surface area contributed by atoms with E-state index in [1.807, 2.05) is 0 Å². The lowest BCUT2D eigenvalue weighted by Crippen LogP contribution is -2.37. The second kappa shape index (κ2) is 5.65. The first-order valence-electron chi connectivity index (χ1n) is 6.52. The highest BCUT2D eigenvalue weighted by Gasteiger charge is 2.31. The van der Waals surface area contributed by atoms with E-state index in [4.69, 9.17) is 4.74 Å². The number of rotatable bonds is 6. The first-order valence-corrected chi connectivity index (χ1v) is 6.52. The first kappa shape index (κ1) is 12.6. The van der Waals surface area contributed by atoms with Gasteiger partial charge in [-0.25, -0.2) is 0 Å². The quantitative estimate of drug-likeness (QED) is 0.815. The molecule has 1 aliphatic carbocycles. The monoisotopic (exact) mass is 233 g/mol. The van der Waals surface area contributed by atoms with E-state index in [2.05, 4.69) is 43.4 Å². The van der Waals surface area contributed by atoms with Gasteiger partial charge in [0.1, 0.15) is 0 Å². The zero-order chi connectivity index (χ0) is 12.3. The summed E-state index contributed by atoms with van der Waals surface area (Å²) < 4.78 is 5.30. The Morgan fingerprint density at radius 2 is 2.18 bits per heavy atom. The van der Waals surface area contributed by atoms with Crippen molar-refractivity contribution in [2.45, 2.75) is 38.8 Å². The third kappa shape index (κ3) is 3.55. The SMILES string of the molecule is COCC(N[C@@H](C)c1cccc(C)c1)C1CC1. The Morgan fingerprint density at radius 3 is 2.76 bits per heavy atom. The van der Waals surface area contributed by atoms with E-state index >= 15 is 0 Å². The van der Waals surface area contributed by atoms with Gasteiger partial charge in [-0.3, -0.25) is 0 Å². The minimum Gasteiger partial charge on any atom is -0.383 e. The lowest BCUT2D eigenvalue weighted by Gasteiger charge is -2.23. The van der Waals surface area contributed by atoms with Crippen molar-refractivity contribution >= 4 is 0 Å². The van der Waals surface area contributed by atoms with Crippen molar-refractivity contribution in [3.8, 4) is 0 Å². The second-order valence-corrected chi connectivity index (χ2v) is 5.20. The molecule has 94 valence electrons. The smallest absolute Gasteiger partial charge is 0.0618 e. The average molecular weight is 233 g/mol. The van der Waals surface area contributed by atoms with Crippen LogP contribution in [-0.4, -0.2) is 19.8 Å². The van der Waals surface area contributed by atoms with E-state index in [9.17, 15) is 0 Å². The van der Waals surface area contributed by atoms with Gasteiger partial charge in [0.15, 0.2) is 0 Å². The maximum Gasteiger partial charge on any atom is 0.0618 e. The number of aryl methyl sites for hydroxylation is 1. The summed E-state index contributed by atoms with van der Waals surface area (Å²) in [4.78, 5) is 0. The van der Waals surface area contributed by atoms with Crippen molar-refractivity contribution in [2.75, 3.05) is 13.7 Å². The van der Waals surface area contributed by atoms with Gasteiger partial charge in [0.05, 0.1) is 6.61 Å². The van der Waals surface area contributed by atoms with E-state index < -0.39 is 0 Å². The molecule has 2 atom stereocenters. The molecule has 0 spiro atoms. The second-order valence-electron chi connectivity index (χ2n) is 5.20. The van der Waals surface area contributed by atoms with Crippen molar-refractivity contribution in [3.05, 3.63) is 35.4 Å². The standard InChI is InChI=1S/C15H23NO/c1-11-5-4-6-14(9-11)12(2)16-15(10-17-3)13-7-8-13/h4-6,9,12-13,15-16H,7-8,10H2,1-3H3/t12-,15?/m0/s1. The van der Waals surface area contributed by atoms with E-state index in [1.165, 1.54) is 24.0 Å². The molecule has 0 heterocycles. The lowest BCUT2D eigenvalue weighted by molar-refractivity contribution is 0.152. The molecule has 0 saturated heterocycles. The molecule has 2 rings (SSSR count). The van der Waals surface area contributed by atoms with Gasteiger partial charge in [-0.05, 0) is 38.2 Å². The summed E-state index contributed by atoms with van der Waals surface area (Å²) in [7, 11) is 1.79. The summed E-state index contributed by atoms with van der Waals surface area (Å²) in [6.45, 7) is 5.20. The first-order chi connectivity index (χ1) is 8.20. The van der Waals surface area contributed by atoms with Gasteiger partial charge in [0.2, 0.25) is 0 Å². The van der Waals surface area contributed by atoms with Crippen LogP contribution in [0.4, 0.5) is 0 Å². The Balaban J connectivity index is 1.96. The molecule has 0 aliphatic heterocycles. The number of benzene rings is 1. The Kier molecular flexibility index (Phi) is 4.19. The Labute approximate surface area is 104 Å². The van der Waals surface area contributed by atoms with Crippen LogP contribution in [0, 0.1) is 12.8 Å². The molecule has 17 heavy (non-hydrogen) atoms. The van der Waals surface area contributed by atoms with E-state index in [-0.39, 0.29) is 0 Å². The van der Waals surface area contributed by atoms with Crippen molar-refractivity contribution in [1.82, 2.24) is 5.32 Å². The molecule has 1 saturated carbocycles. The predicted molar refractivity (Wildman–Crippen MR) is 71.1 cm³/mol. The lowest BCUT2D eigenvalue weighted by atomic mass is 10.0. The van der Waals surface area contributed by atoms with Crippen LogP contribution in [0.2, 0.25) is 0 Å². The van der Waals surface area contributed by atoms with E-state index in [1.54, 1.807) is 7.11 Å². The summed E-state index contributed by atoms with van der Waals surface area (Å²) in [5.41, 5.74) is 2.69. The summed E-state index contributed by atoms with van der Waals surface area (Å²) in [5.74, 6) is 0.821. The van der Waals surface area contributed by atoms with Crippen LogP contribution in [0.1, 0.15) is 36.9 Å². The van der Waals surface area contributed by atoms with Crippen LogP contribution in [0.3, 0.4) is 0 Å². The molecule has 2 nitrogen and oxygen atoms in total. The van der Waals surface area contributed by atoms with Crippen LogP contribution >= 0.6 is 0 Å². The van der Waals surface area contributed by atoms with E-state index in [0.717, 1.165) is 12.5 Å². The fraction of sp³-hybridized carbons (Fsp3) is 0.600. The summed E-state index contributed by atoms with van der Waals surface area (Å²) in [5, 5.41) is 3.70. The number of ether oxygens (including phenoxy) is 1. The van der Waals surface area contributed by atoms with Crippen LogP contribution in [0.25, 0.3) is 0 Å². The minimum atomic E-state index is 0.399. The van der Waals surface area contributed by atoms with E-state index in [0.29, 0.717) is 12.1 Å². The Hall–Kier alpha value is -0.860. The maximum absolute atomic E-state index is 5.30. The fourth-order valence-corrected chi connectivity index (χ4v) is 2.36. The summed E-state index contributed by atoms with van der Waals surface area (Å²) >= 11 is 0. The molecule has 0 bridgehead atoms. The third-order valence-electron chi connectivity index (χ3n) is 3.54. The number of nitrogens with one attached hydrogen (secondary N) is 1. The summed E-state index contributed by atoms with van der Waals surface area (Å²) in [6.07, 6.45) is 2.70. The molecule has 1 unspecified atom stereocenters. The van der Waals surface area contributed by atoms with Gasteiger partial charge < -0.3 is 10.1 Å². The highest BCUT2D eigenvalue weighted by atomic mass is 16.5. The number of methoxy groups -OCH3 is 1. The highest BCUT2D eigenvalue weighted by Crippen LogP contribution is 2.33. The van der Waals surface area contributed by atoms with Crippen molar-refractivity contribution in [3.63, 3.8) is 0 Å². The molecule has 1 aliphatic rings. The zero-order valence-corrected chi connectivity index (χ0v) is 11.1. The topological polar surface area (TPSA) is 21.3 Å². The molecule has 1 N–H and O–H groups in total. The average Bonchev–Trinajstić information content (AvgIpc) is 3.12. The molecule has 1 aromatic rings. The molecule has 0 radical (unpaired) electrons. The molecule has 2 heteroatoms. The number of hydrogen-bond donors (Lipinski definition) is 1. The normalized spacial score (nSPS) is 19.0. The zero-order valence-electron chi connectivity index (χ0n) is 11.1. The fourth-order valence-electron chi connectivity index (χ4n) is 2.36. The molecule has 1 fully saturated rings. The van der Waals surface area contributed by atoms with Gasteiger partial charge in [-0.1, -0.05) is 29.8 Å². The molecular formula is C15H23NO. The molecule has 0 aromatic heterocycles. The molecular weight excluding hydrogens is 210 g/mol. The van der Waals surface area contributed by atoms with Crippen LogP contribution in [0.5, 0.6) is 0 Å². The van der Waals surface area contributed by atoms with Gasteiger partial charge >= 0.3 is 0 Å². The van der Waals surface area contributed by atoms with Gasteiger partial charge in [-0.15, -0.1) is 0 Å². The highest BCUT2D eigenvalue weighted by molar-refractivity contribution is 5.24. The largest absolute Gasteiger partial charge is 0.383 e. The van der Waals surface area contributed by atoms with Crippen LogP contribution < -0.4 is 5.32 Å². The van der Waals surface area contributed by atoms with Crippen molar-refractivity contribution in [2.24, 2.45) is 5.92 Å². The van der Waals surface area contributed by atoms with Gasteiger partial charge in [0.25, 0.3) is 0 Å². The van der Waals surface area contributed by atoms with Crippen LogP contribution in [-0.2, 0) is 4.74 Å². The predicted octanol–water partition coefficient (Wildman–Crippen LogP) is 3.07. The molecule has 0 amide bonds.